The fourth-order valence-corrected chi connectivity index (χ4v) is 33.5. The second-order valence-electron chi connectivity index (χ2n) is 29.7. The van der Waals surface area contributed by atoms with Crippen molar-refractivity contribution >= 4 is 152 Å². The summed E-state index contributed by atoms with van der Waals surface area (Å²) in [6.45, 7) is 0. The van der Waals surface area contributed by atoms with Crippen molar-refractivity contribution in [1.82, 2.24) is 28.7 Å². The van der Waals surface area contributed by atoms with Crippen molar-refractivity contribution in [2.45, 2.75) is 0 Å². The molecule has 21 aromatic rings. The van der Waals surface area contributed by atoms with Gasteiger partial charge in [-0.2, -0.15) is 15.0 Å². The molecule has 17 aromatic carbocycles. The molecule has 114 heavy (non-hydrogen) atoms. The van der Waals surface area contributed by atoms with Gasteiger partial charge in [0.25, 0.3) is 0 Å². The number of benzene rings is 17. The Labute approximate surface area is 664 Å². The number of fused-ring (bicyclic) bond motifs is 10. The summed E-state index contributed by atoms with van der Waals surface area (Å²) in [5, 5.41) is 22.0. The Bertz CT molecular complexity index is 6710. The van der Waals surface area contributed by atoms with E-state index in [-0.39, 0.29) is 0 Å². The third-order valence-corrected chi connectivity index (χ3v) is 38.0. The Balaban J connectivity index is 0.874. The van der Waals surface area contributed by atoms with Gasteiger partial charge in [-0.15, -0.1) is 0 Å². The van der Waals surface area contributed by atoms with Crippen molar-refractivity contribution in [3.8, 4) is 40.1 Å². The van der Waals surface area contributed by atoms with Crippen molar-refractivity contribution in [3.63, 3.8) is 0 Å². The maximum atomic E-state index is 5.96. The predicted molar refractivity (Wildman–Crippen MR) is 485 cm³/mol. The van der Waals surface area contributed by atoms with E-state index in [2.05, 4.69) is 463 Å². The Hall–Kier alpha value is -14.2. The lowest BCUT2D eigenvalue weighted by Gasteiger charge is -2.38. The minimum Gasteiger partial charge on any atom is -0.309 e. The standard InChI is InChI=1S/C105H74N6Si3/c1-10-38-75(39-11-1)76-40-36-58-87(70-76)114(85-54-24-8-25-55-85,86-56-26-9-27-57-86)88-59-37-41-77(71-88)103-106-104(110-96-64-32-28-60-91(96)92-61-29-33-65-97(92)110)108-105(107-103)111-98-66-34-30-62-93(98)94-68-69-100-101(102(94)111)95-63-31-35-67-99(95)109(100)78-72-89(112(79-42-12-2-13-43-79,80-44-14-3-15-45-80)81-46-16-4-17-47-81)74-90(73-78)113(82-48-18-5-19-49-82,83-50-20-6-21-51-83)84-52-22-7-23-53-84/h1-74H. The lowest BCUT2D eigenvalue weighted by atomic mass is 10.1. The van der Waals surface area contributed by atoms with E-state index in [0.29, 0.717) is 17.7 Å². The molecule has 0 atom stereocenters. The maximum absolute atomic E-state index is 5.96. The number of aromatic nitrogens is 6. The molecule has 0 fully saturated rings. The molecule has 0 saturated carbocycles. The van der Waals surface area contributed by atoms with Gasteiger partial charge in [-0.1, -0.05) is 406 Å². The van der Waals surface area contributed by atoms with Crippen LogP contribution in [0.25, 0.3) is 106 Å². The molecule has 0 unspecified atom stereocenters. The van der Waals surface area contributed by atoms with Crippen LogP contribution in [0.4, 0.5) is 0 Å². The number of nitrogens with zero attached hydrogens (tertiary/aromatic N) is 6. The summed E-state index contributed by atoms with van der Waals surface area (Å²) in [5.41, 5.74) is 10.4. The Morgan fingerprint density at radius 1 is 0.175 bits per heavy atom. The van der Waals surface area contributed by atoms with Crippen LogP contribution < -0.4 is 62.2 Å². The van der Waals surface area contributed by atoms with Gasteiger partial charge in [-0.05, 0) is 116 Å². The molecule has 9 heteroatoms. The second kappa shape index (κ2) is 28.3. The summed E-state index contributed by atoms with van der Waals surface area (Å²) < 4.78 is 7.19. The molecule has 6 nitrogen and oxygen atoms in total. The summed E-state index contributed by atoms with van der Waals surface area (Å²) in [4.78, 5) is 17.7. The number of hydrogen-bond donors (Lipinski definition) is 0. The van der Waals surface area contributed by atoms with E-state index in [4.69, 9.17) is 15.0 Å². The monoisotopic (exact) mass is 1500 g/mol. The van der Waals surface area contributed by atoms with Gasteiger partial charge in [0.15, 0.2) is 30.0 Å². The highest BCUT2D eigenvalue weighted by Crippen LogP contribution is 2.43. The highest BCUT2D eigenvalue weighted by Gasteiger charge is 2.47. The molecule has 0 aliphatic rings. The topological polar surface area (TPSA) is 53.5 Å². The van der Waals surface area contributed by atoms with Gasteiger partial charge in [-0.3, -0.25) is 9.13 Å². The average Bonchev–Trinajstić information content (AvgIpc) is 1.48. The molecule has 0 radical (unpaired) electrons. The van der Waals surface area contributed by atoms with Gasteiger partial charge in [0.05, 0.1) is 33.1 Å². The number of hydrogen-bond acceptors (Lipinski definition) is 3. The van der Waals surface area contributed by atoms with Crippen LogP contribution in [0, 0.1) is 0 Å². The van der Waals surface area contributed by atoms with Crippen molar-refractivity contribution in [1.29, 1.82) is 0 Å². The third kappa shape index (κ3) is 10.8. The zero-order valence-corrected chi connectivity index (χ0v) is 65.4. The van der Waals surface area contributed by atoms with E-state index in [1.165, 1.54) is 73.4 Å². The molecule has 0 saturated heterocycles. The van der Waals surface area contributed by atoms with Gasteiger partial charge in [-0.25, -0.2) is 0 Å². The predicted octanol–water partition coefficient (Wildman–Crippen LogP) is 16.6. The first-order valence-electron chi connectivity index (χ1n) is 39.1. The van der Waals surface area contributed by atoms with E-state index in [1.54, 1.807) is 0 Å². The smallest absolute Gasteiger partial charge is 0.240 e. The van der Waals surface area contributed by atoms with Gasteiger partial charge in [0, 0.05) is 43.6 Å². The van der Waals surface area contributed by atoms with Crippen LogP contribution in [0.2, 0.25) is 0 Å². The molecule has 536 valence electrons. The third-order valence-electron chi connectivity index (χ3n) is 23.7. The van der Waals surface area contributed by atoms with Crippen molar-refractivity contribution in [3.05, 3.63) is 449 Å². The normalized spacial score (nSPS) is 12.0. The Morgan fingerprint density at radius 2 is 0.474 bits per heavy atom. The molecular weight excluding hydrogens is 1430 g/mol. The average molecular weight is 1500 g/mol. The summed E-state index contributed by atoms with van der Waals surface area (Å²) in [5.74, 6) is 1.57. The van der Waals surface area contributed by atoms with Crippen LogP contribution in [-0.2, 0) is 0 Å². The number of para-hydroxylation sites is 4. The summed E-state index contributed by atoms with van der Waals surface area (Å²) in [6, 6.07) is 168. The SMILES string of the molecule is c1ccc(-c2cccc([Si](c3ccccc3)(c3ccccc3)c3cccc(-c4nc(-n5c6ccccc6c6ccccc65)nc(-n5c6ccccc6c6ccc7c(c8ccccc8n7-c7cc([Si](c8ccccc8)(c8ccccc8)c8ccccc8)cc([Si](c8ccccc8)(c8ccccc8)c8ccccc8)c7)c65)n4)c3)c2)cc1. The van der Waals surface area contributed by atoms with Crippen molar-refractivity contribution < 1.29 is 0 Å². The lowest BCUT2D eigenvalue weighted by Crippen LogP contribution is -2.78. The molecule has 0 spiro atoms. The minimum absolute atomic E-state index is 0.501. The zero-order chi connectivity index (χ0) is 75.6. The van der Waals surface area contributed by atoms with E-state index in [9.17, 15) is 0 Å². The Morgan fingerprint density at radius 3 is 0.886 bits per heavy atom. The zero-order valence-electron chi connectivity index (χ0n) is 62.4. The molecule has 21 rings (SSSR count). The molecule has 4 heterocycles. The molecule has 0 bridgehead atoms. The summed E-state index contributed by atoms with van der Waals surface area (Å²) in [6.07, 6.45) is 0. The summed E-state index contributed by atoms with van der Waals surface area (Å²) >= 11 is 0. The Kier molecular flexibility index (Phi) is 16.8. The van der Waals surface area contributed by atoms with Crippen LogP contribution in [0.5, 0.6) is 0 Å². The highest BCUT2D eigenvalue weighted by molar-refractivity contribution is 7.22. The van der Waals surface area contributed by atoms with Crippen LogP contribution in [0.1, 0.15) is 0 Å². The second-order valence-corrected chi connectivity index (χ2v) is 41.1. The maximum Gasteiger partial charge on any atom is 0.240 e. The first-order chi connectivity index (χ1) is 56.6. The quantitative estimate of drug-likeness (QED) is 0.0674. The highest BCUT2D eigenvalue weighted by atomic mass is 28.3. The van der Waals surface area contributed by atoms with E-state index in [1.807, 2.05) is 0 Å². The van der Waals surface area contributed by atoms with Crippen LogP contribution in [-0.4, -0.2) is 52.9 Å². The van der Waals surface area contributed by atoms with Crippen LogP contribution in [0.3, 0.4) is 0 Å². The molecule has 0 N–H and O–H groups in total. The van der Waals surface area contributed by atoms with E-state index < -0.39 is 24.2 Å². The van der Waals surface area contributed by atoms with Crippen LogP contribution >= 0.6 is 0 Å². The first kappa shape index (κ1) is 67.9. The fraction of sp³-hybridized carbons (Fsp3) is 0. The summed E-state index contributed by atoms with van der Waals surface area (Å²) in [7, 11) is -9.81. The molecule has 4 aromatic heterocycles. The van der Waals surface area contributed by atoms with Gasteiger partial charge >= 0.3 is 0 Å². The largest absolute Gasteiger partial charge is 0.309 e. The van der Waals surface area contributed by atoms with E-state index in [0.717, 1.165) is 76.7 Å². The van der Waals surface area contributed by atoms with Crippen LogP contribution in [0.15, 0.2) is 449 Å². The van der Waals surface area contributed by atoms with Gasteiger partial charge in [0.2, 0.25) is 11.9 Å². The van der Waals surface area contributed by atoms with Crippen molar-refractivity contribution in [2.75, 3.05) is 0 Å². The van der Waals surface area contributed by atoms with Crippen molar-refractivity contribution in [2.24, 2.45) is 0 Å². The fourth-order valence-electron chi connectivity index (χ4n) is 18.9. The molecular formula is C105H74N6Si3. The first-order valence-corrected chi connectivity index (χ1v) is 45.1. The molecule has 0 aliphatic heterocycles. The minimum atomic E-state index is -3.31. The molecule has 0 aliphatic carbocycles. The van der Waals surface area contributed by atoms with E-state index >= 15 is 0 Å². The van der Waals surface area contributed by atoms with Gasteiger partial charge in [0.1, 0.15) is 0 Å². The molecule has 0 amide bonds. The lowest BCUT2D eigenvalue weighted by molar-refractivity contribution is 0.894. The van der Waals surface area contributed by atoms with Gasteiger partial charge < -0.3 is 4.57 Å². The number of rotatable bonds is 17.